The fourth-order valence-electron chi connectivity index (χ4n) is 4.51. The van der Waals surface area contributed by atoms with Crippen LogP contribution in [0, 0.1) is 0 Å². The molecule has 2 aliphatic rings. The van der Waals surface area contributed by atoms with E-state index in [-0.39, 0.29) is 25.4 Å². The van der Waals surface area contributed by atoms with E-state index in [2.05, 4.69) is 5.10 Å². The van der Waals surface area contributed by atoms with Crippen LogP contribution in [0.1, 0.15) is 26.7 Å². The van der Waals surface area contributed by atoms with E-state index in [1.807, 2.05) is 4.90 Å². The Hall–Kier alpha value is -2.19. The zero-order chi connectivity index (χ0) is 27.0. The Labute approximate surface area is 222 Å². The molecule has 2 fully saturated rings. The number of sulfonamides is 2. The van der Waals surface area contributed by atoms with Gasteiger partial charge in [-0.3, -0.25) is 4.79 Å². The second kappa shape index (κ2) is 10.9. The van der Waals surface area contributed by atoms with Crippen LogP contribution in [-0.2, 0) is 20.0 Å². The molecule has 4 rings (SSSR count). The smallest absolute Gasteiger partial charge is 0.316 e. The normalized spacial score (nSPS) is 20.4. The number of anilines is 1. The van der Waals surface area contributed by atoms with Crippen LogP contribution in [0.3, 0.4) is 0 Å². The van der Waals surface area contributed by atoms with Gasteiger partial charge in [0.15, 0.2) is 0 Å². The minimum absolute atomic E-state index is 0.0514. The van der Waals surface area contributed by atoms with Crippen molar-refractivity contribution in [2.24, 2.45) is 0 Å². The molecule has 37 heavy (non-hydrogen) atoms. The Morgan fingerprint density at radius 3 is 2.38 bits per heavy atom. The maximum atomic E-state index is 13.7. The highest BCUT2D eigenvalue weighted by molar-refractivity contribution is 7.89. The summed E-state index contributed by atoms with van der Waals surface area (Å²) in [6, 6.07) is 6.71. The number of nitrogens with zero attached hydrogens (tertiary/aromatic N) is 5. The van der Waals surface area contributed by atoms with Gasteiger partial charge in [-0.2, -0.15) is 18.4 Å². The van der Waals surface area contributed by atoms with Crippen molar-refractivity contribution in [3.8, 4) is 11.4 Å². The molecule has 2 saturated heterocycles. The molecule has 1 unspecified atom stereocenters. The largest absolute Gasteiger partial charge is 0.481 e. The number of halogens is 1. The van der Waals surface area contributed by atoms with Gasteiger partial charge in [0.05, 0.1) is 29.9 Å². The van der Waals surface area contributed by atoms with E-state index in [0.717, 1.165) is 6.26 Å². The van der Waals surface area contributed by atoms with E-state index in [1.165, 1.54) is 19.5 Å². The zero-order valence-electron chi connectivity index (χ0n) is 21.1. The lowest BCUT2D eigenvalue weighted by atomic mass is 10.1. The number of ether oxygens (including phenoxy) is 1. The van der Waals surface area contributed by atoms with Crippen molar-refractivity contribution in [2.75, 3.05) is 50.4 Å². The highest BCUT2D eigenvalue weighted by Crippen LogP contribution is 2.29. The number of piperazine rings is 1. The van der Waals surface area contributed by atoms with E-state index < -0.39 is 37.0 Å². The van der Waals surface area contributed by atoms with Crippen molar-refractivity contribution >= 4 is 37.3 Å². The second-order valence-corrected chi connectivity index (χ2v) is 14.4. The molecule has 1 atom stereocenters. The molecule has 2 aliphatic heterocycles. The molecule has 0 saturated carbocycles. The first-order valence-corrected chi connectivity index (χ1v) is 15.8. The Morgan fingerprint density at radius 2 is 1.76 bits per heavy atom. The predicted octanol–water partition coefficient (Wildman–Crippen LogP) is 1.55. The maximum Gasteiger partial charge on any atom is 0.316 e. The molecule has 1 aromatic carbocycles. The second-order valence-electron chi connectivity index (χ2n) is 9.54. The van der Waals surface area contributed by atoms with Crippen molar-refractivity contribution < 1.29 is 21.6 Å². The molecule has 0 amide bonds. The third-order valence-corrected chi connectivity index (χ3v) is 10.4. The lowest BCUT2D eigenvalue weighted by Crippen LogP contribution is -2.51. The van der Waals surface area contributed by atoms with Gasteiger partial charge in [-0.25, -0.2) is 16.8 Å². The minimum Gasteiger partial charge on any atom is -0.481 e. The predicted molar refractivity (Wildman–Crippen MR) is 143 cm³/mol. The third-order valence-electron chi connectivity index (χ3n) is 6.60. The average molecular weight is 574 g/mol. The Bertz CT molecular complexity index is 1400. The summed E-state index contributed by atoms with van der Waals surface area (Å²) in [5.41, 5.74) is 0.401. The van der Waals surface area contributed by atoms with Gasteiger partial charge in [-0.15, -0.1) is 0 Å². The summed E-state index contributed by atoms with van der Waals surface area (Å²) in [4.78, 5) is 15.6. The number of rotatable bonds is 7. The quantitative estimate of drug-likeness (QED) is 0.489. The standard InChI is InChI=1S/C23H32ClN5O6S2/c1-17(2)37(33,34)27-12-10-26(11-13-27)21-15-25-29(19-7-4-6-18(24)14-19)23(30)22(21)35-20-8-5-9-28(16-20)36(3,31)32/h4,6-7,14-15,17,20H,5,8-13,16H2,1-3H3. The summed E-state index contributed by atoms with van der Waals surface area (Å²) in [6.45, 7) is 5.08. The molecule has 3 heterocycles. The number of hydrogen-bond donors (Lipinski definition) is 0. The third kappa shape index (κ3) is 6.11. The molecule has 0 bridgehead atoms. The molecule has 2 aromatic rings. The maximum absolute atomic E-state index is 13.7. The first-order chi connectivity index (χ1) is 17.4. The van der Waals surface area contributed by atoms with Gasteiger partial charge in [0.1, 0.15) is 11.8 Å². The lowest BCUT2D eigenvalue weighted by molar-refractivity contribution is 0.128. The number of benzene rings is 1. The molecular formula is C23H32ClN5O6S2. The van der Waals surface area contributed by atoms with E-state index in [9.17, 15) is 21.6 Å². The SMILES string of the molecule is CC(C)S(=O)(=O)N1CCN(c2cnn(-c3cccc(Cl)c3)c(=O)c2OC2CCCN(S(C)(=O)=O)C2)CC1. The van der Waals surface area contributed by atoms with Crippen LogP contribution in [0.4, 0.5) is 5.69 Å². The summed E-state index contributed by atoms with van der Waals surface area (Å²) >= 11 is 6.13. The molecule has 204 valence electrons. The summed E-state index contributed by atoms with van der Waals surface area (Å²) in [5, 5.41) is 4.27. The van der Waals surface area contributed by atoms with Crippen molar-refractivity contribution in [3.63, 3.8) is 0 Å². The molecular weight excluding hydrogens is 542 g/mol. The molecule has 0 spiro atoms. The van der Waals surface area contributed by atoms with Gasteiger partial charge in [0, 0.05) is 37.7 Å². The van der Waals surface area contributed by atoms with Crippen molar-refractivity contribution in [3.05, 3.63) is 45.8 Å². The zero-order valence-corrected chi connectivity index (χ0v) is 23.5. The molecule has 14 heteroatoms. The van der Waals surface area contributed by atoms with Crippen LogP contribution in [0.2, 0.25) is 5.02 Å². The van der Waals surface area contributed by atoms with Crippen LogP contribution in [0.25, 0.3) is 5.69 Å². The summed E-state index contributed by atoms with van der Waals surface area (Å²) in [6.07, 6.45) is 3.36. The van der Waals surface area contributed by atoms with Crippen LogP contribution >= 0.6 is 11.6 Å². The molecule has 11 nitrogen and oxygen atoms in total. The first kappa shape index (κ1) is 27.8. The molecule has 1 aromatic heterocycles. The fourth-order valence-corrected chi connectivity index (χ4v) is 6.86. The Morgan fingerprint density at radius 1 is 1.05 bits per heavy atom. The topological polar surface area (TPSA) is 122 Å². The van der Waals surface area contributed by atoms with E-state index in [0.29, 0.717) is 48.9 Å². The Balaban J connectivity index is 1.68. The molecule has 0 radical (unpaired) electrons. The average Bonchev–Trinajstić information content (AvgIpc) is 2.85. The van der Waals surface area contributed by atoms with Gasteiger partial charge >= 0.3 is 5.56 Å². The van der Waals surface area contributed by atoms with Crippen molar-refractivity contribution in [1.82, 2.24) is 18.4 Å². The summed E-state index contributed by atoms with van der Waals surface area (Å²) in [7, 11) is -6.80. The number of hydrogen-bond acceptors (Lipinski definition) is 8. The van der Waals surface area contributed by atoms with Gasteiger partial charge in [0.2, 0.25) is 25.8 Å². The van der Waals surface area contributed by atoms with Crippen LogP contribution in [0.5, 0.6) is 5.75 Å². The minimum atomic E-state index is -3.40. The van der Waals surface area contributed by atoms with Gasteiger partial charge in [-0.05, 0) is 44.9 Å². The Kier molecular flexibility index (Phi) is 8.19. The van der Waals surface area contributed by atoms with E-state index in [1.54, 1.807) is 38.1 Å². The first-order valence-electron chi connectivity index (χ1n) is 12.1. The fraction of sp³-hybridized carbons (Fsp3) is 0.565. The molecule has 0 N–H and O–H groups in total. The number of aromatic nitrogens is 2. The monoisotopic (exact) mass is 573 g/mol. The summed E-state index contributed by atoms with van der Waals surface area (Å²) in [5.74, 6) is 0.0514. The lowest BCUT2D eigenvalue weighted by Gasteiger charge is -2.37. The van der Waals surface area contributed by atoms with Crippen LogP contribution < -0.4 is 15.2 Å². The van der Waals surface area contributed by atoms with Crippen molar-refractivity contribution in [1.29, 1.82) is 0 Å². The van der Waals surface area contributed by atoms with E-state index in [4.69, 9.17) is 16.3 Å². The highest BCUT2D eigenvalue weighted by Gasteiger charge is 2.33. The van der Waals surface area contributed by atoms with Gasteiger partial charge in [-0.1, -0.05) is 17.7 Å². The van der Waals surface area contributed by atoms with Crippen molar-refractivity contribution in [2.45, 2.75) is 38.0 Å². The van der Waals surface area contributed by atoms with Crippen LogP contribution in [0.15, 0.2) is 35.3 Å². The highest BCUT2D eigenvalue weighted by atomic mass is 35.5. The van der Waals surface area contributed by atoms with Gasteiger partial charge < -0.3 is 9.64 Å². The number of piperidine rings is 1. The summed E-state index contributed by atoms with van der Waals surface area (Å²) < 4.78 is 59.7. The van der Waals surface area contributed by atoms with Crippen LogP contribution in [-0.4, -0.2) is 92.1 Å². The van der Waals surface area contributed by atoms with Gasteiger partial charge in [0.25, 0.3) is 0 Å². The molecule has 0 aliphatic carbocycles. The van der Waals surface area contributed by atoms with E-state index >= 15 is 0 Å².